The highest BCUT2D eigenvalue weighted by Gasteiger charge is 2.09. The van der Waals surface area contributed by atoms with E-state index in [4.69, 9.17) is 12.2 Å². The molecule has 0 radical (unpaired) electrons. The molecule has 0 fully saturated rings. The van der Waals surface area contributed by atoms with E-state index in [0.717, 1.165) is 40.7 Å². The number of aryl methyl sites for hydroxylation is 1. The largest absolute Gasteiger partial charge is 0.332 e. The van der Waals surface area contributed by atoms with Crippen molar-refractivity contribution in [3.8, 4) is 0 Å². The highest BCUT2D eigenvalue weighted by molar-refractivity contribution is 9.10. The lowest BCUT2D eigenvalue weighted by Gasteiger charge is -2.11. The molecule has 2 aromatic carbocycles. The molecule has 0 aliphatic heterocycles. The number of thiocarbonyl (C=S) groups is 1. The second-order valence-corrected chi connectivity index (χ2v) is 7.72. The summed E-state index contributed by atoms with van der Waals surface area (Å²) in [5, 5.41) is 8.70. The number of hydrogen-bond acceptors (Lipinski definition) is 3. The first-order valence-electron chi connectivity index (χ1n) is 9.17. The number of nitrogens with one attached hydrogen (secondary N) is 3. The van der Waals surface area contributed by atoms with Crippen LogP contribution in [-0.4, -0.2) is 16.9 Å². The summed E-state index contributed by atoms with van der Waals surface area (Å²) in [5.41, 5.74) is 3.02. The highest BCUT2D eigenvalue weighted by Crippen LogP contribution is 2.18. The maximum atomic E-state index is 12.3. The third-order valence-corrected chi connectivity index (χ3v) is 5.15. The maximum Gasteiger partial charge on any atom is 0.257 e. The first kappa shape index (κ1) is 22.0. The molecule has 0 bridgehead atoms. The molecule has 0 saturated carbocycles. The Morgan fingerprint density at radius 1 is 1.00 bits per heavy atom. The average molecular weight is 462 g/mol. The van der Waals surface area contributed by atoms with Crippen LogP contribution >= 0.6 is 28.1 Å². The number of carbonyl (C=O) groups is 2. The van der Waals surface area contributed by atoms with E-state index in [1.165, 1.54) is 0 Å². The van der Waals surface area contributed by atoms with Gasteiger partial charge < -0.3 is 10.6 Å². The topological polar surface area (TPSA) is 70.2 Å². The Balaban J connectivity index is 1.85. The van der Waals surface area contributed by atoms with E-state index in [9.17, 15) is 9.59 Å². The summed E-state index contributed by atoms with van der Waals surface area (Å²) in [7, 11) is 0. The number of rotatable bonds is 7. The van der Waals surface area contributed by atoms with Crippen LogP contribution in [0.3, 0.4) is 0 Å². The Kier molecular flexibility index (Phi) is 8.60. The Labute approximate surface area is 179 Å². The maximum absolute atomic E-state index is 12.3. The minimum atomic E-state index is -0.283. The van der Waals surface area contributed by atoms with Gasteiger partial charge in [0.25, 0.3) is 5.91 Å². The van der Waals surface area contributed by atoms with Gasteiger partial charge in [0.2, 0.25) is 5.91 Å². The van der Waals surface area contributed by atoms with Gasteiger partial charge in [0.05, 0.1) is 0 Å². The van der Waals surface area contributed by atoms with Crippen LogP contribution in [0.15, 0.2) is 46.9 Å². The van der Waals surface area contributed by atoms with Crippen LogP contribution in [0.1, 0.15) is 48.5 Å². The van der Waals surface area contributed by atoms with Crippen molar-refractivity contribution < 1.29 is 9.59 Å². The van der Waals surface area contributed by atoms with Crippen molar-refractivity contribution in [2.24, 2.45) is 0 Å². The predicted octanol–water partition coefficient (Wildman–Crippen LogP) is 5.40. The molecule has 3 N–H and O–H groups in total. The summed E-state index contributed by atoms with van der Waals surface area (Å²) in [6.45, 7) is 4.06. The molecule has 0 aliphatic rings. The number of anilines is 2. The summed E-state index contributed by atoms with van der Waals surface area (Å²) < 4.78 is 0.867. The van der Waals surface area contributed by atoms with Crippen molar-refractivity contribution in [1.29, 1.82) is 0 Å². The van der Waals surface area contributed by atoms with E-state index >= 15 is 0 Å². The molecular weight excluding hydrogens is 438 g/mol. The van der Waals surface area contributed by atoms with E-state index in [0.29, 0.717) is 12.0 Å². The van der Waals surface area contributed by atoms with Crippen LogP contribution in [0.25, 0.3) is 0 Å². The van der Waals surface area contributed by atoms with Crippen molar-refractivity contribution >= 4 is 56.4 Å². The van der Waals surface area contributed by atoms with Crippen LogP contribution in [0.4, 0.5) is 11.4 Å². The molecule has 0 aromatic heterocycles. The fourth-order valence-corrected chi connectivity index (χ4v) is 3.06. The van der Waals surface area contributed by atoms with Crippen LogP contribution in [-0.2, 0) is 4.79 Å². The van der Waals surface area contributed by atoms with Gasteiger partial charge in [-0.3, -0.25) is 14.9 Å². The fourth-order valence-electron chi connectivity index (χ4n) is 2.47. The third kappa shape index (κ3) is 7.05. The minimum Gasteiger partial charge on any atom is -0.332 e. The standard InChI is InChI=1S/C21H24BrN3O2S/c1-3-4-5-6-19(26)23-16-9-11-17(12-10-16)24-21(28)25-20(27)15-8-7-14(2)18(22)13-15/h7-13H,3-6H2,1-2H3,(H,23,26)(H2,24,25,27,28). The molecule has 0 unspecified atom stereocenters. The summed E-state index contributed by atoms with van der Waals surface area (Å²) in [5.74, 6) is -0.268. The Bertz CT molecular complexity index is 853. The van der Waals surface area contributed by atoms with Gasteiger partial charge in [-0.1, -0.05) is 41.8 Å². The van der Waals surface area contributed by atoms with Crippen LogP contribution in [0, 0.1) is 6.92 Å². The molecule has 28 heavy (non-hydrogen) atoms. The van der Waals surface area contributed by atoms with Crippen molar-refractivity contribution in [2.75, 3.05) is 10.6 Å². The fraction of sp³-hybridized carbons (Fsp3) is 0.286. The lowest BCUT2D eigenvalue weighted by Crippen LogP contribution is -2.34. The van der Waals surface area contributed by atoms with Crippen LogP contribution in [0.2, 0.25) is 0 Å². The minimum absolute atomic E-state index is 0.0150. The smallest absolute Gasteiger partial charge is 0.257 e. The first-order chi connectivity index (χ1) is 13.4. The van der Waals surface area contributed by atoms with E-state index in [1.807, 2.05) is 13.0 Å². The number of benzene rings is 2. The van der Waals surface area contributed by atoms with Crippen molar-refractivity contribution in [1.82, 2.24) is 5.32 Å². The van der Waals surface area contributed by atoms with E-state index in [1.54, 1.807) is 36.4 Å². The van der Waals surface area contributed by atoms with E-state index < -0.39 is 0 Å². The van der Waals surface area contributed by atoms with Gasteiger partial charge in [-0.2, -0.15) is 0 Å². The summed E-state index contributed by atoms with van der Waals surface area (Å²) >= 11 is 8.63. The van der Waals surface area contributed by atoms with Gasteiger partial charge in [-0.25, -0.2) is 0 Å². The van der Waals surface area contributed by atoms with Gasteiger partial charge in [0, 0.05) is 27.8 Å². The molecule has 2 aromatic rings. The first-order valence-corrected chi connectivity index (χ1v) is 10.4. The summed E-state index contributed by atoms with van der Waals surface area (Å²) in [6.07, 6.45) is 3.57. The van der Waals surface area contributed by atoms with Crippen LogP contribution in [0.5, 0.6) is 0 Å². The second-order valence-electron chi connectivity index (χ2n) is 6.45. The molecule has 0 aliphatic carbocycles. The van der Waals surface area contributed by atoms with Crippen molar-refractivity contribution in [3.63, 3.8) is 0 Å². The highest BCUT2D eigenvalue weighted by atomic mass is 79.9. The van der Waals surface area contributed by atoms with Crippen LogP contribution < -0.4 is 16.0 Å². The zero-order chi connectivity index (χ0) is 20.5. The molecular formula is C21H24BrN3O2S. The summed E-state index contributed by atoms with van der Waals surface area (Å²) in [6, 6.07) is 12.5. The molecule has 0 atom stereocenters. The predicted molar refractivity (Wildman–Crippen MR) is 122 cm³/mol. The number of unbranched alkanes of at least 4 members (excludes halogenated alkanes) is 2. The molecule has 5 nitrogen and oxygen atoms in total. The number of hydrogen-bond donors (Lipinski definition) is 3. The lowest BCUT2D eigenvalue weighted by atomic mass is 10.1. The number of amides is 2. The molecule has 2 rings (SSSR count). The SMILES string of the molecule is CCCCCC(=O)Nc1ccc(NC(=S)NC(=O)c2ccc(C)c(Br)c2)cc1. The van der Waals surface area contributed by atoms with Gasteiger partial charge in [0.15, 0.2) is 5.11 Å². The second kappa shape index (κ2) is 10.9. The Hall–Kier alpha value is -2.25. The third-order valence-electron chi connectivity index (χ3n) is 4.10. The van der Waals surface area contributed by atoms with E-state index in [2.05, 4.69) is 38.8 Å². The van der Waals surface area contributed by atoms with Crippen molar-refractivity contribution in [2.45, 2.75) is 39.5 Å². The molecule has 0 saturated heterocycles. The van der Waals surface area contributed by atoms with Gasteiger partial charge in [0.1, 0.15) is 0 Å². The van der Waals surface area contributed by atoms with Gasteiger partial charge in [-0.05, 0) is 67.5 Å². The van der Waals surface area contributed by atoms with Crippen molar-refractivity contribution in [3.05, 3.63) is 58.1 Å². The Morgan fingerprint density at radius 2 is 1.64 bits per heavy atom. The Morgan fingerprint density at radius 3 is 2.25 bits per heavy atom. The molecule has 7 heteroatoms. The molecule has 0 heterocycles. The quantitative estimate of drug-likeness (QED) is 0.381. The summed E-state index contributed by atoms with van der Waals surface area (Å²) in [4.78, 5) is 24.1. The zero-order valence-electron chi connectivity index (χ0n) is 16.0. The molecule has 0 spiro atoms. The lowest BCUT2D eigenvalue weighted by molar-refractivity contribution is -0.116. The zero-order valence-corrected chi connectivity index (χ0v) is 18.4. The van der Waals surface area contributed by atoms with Gasteiger partial charge in [-0.15, -0.1) is 0 Å². The van der Waals surface area contributed by atoms with Gasteiger partial charge >= 0.3 is 0 Å². The average Bonchev–Trinajstić information content (AvgIpc) is 2.65. The number of carbonyl (C=O) groups excluding carboxylic acids is 2. The molecule has 148 valence electrons. The molecule has 2 amide bonds. The normalized spacial score (nSPS) is 10.2. The number of halogens is 1. The monoisotopic (exact) mass is 461 g/mol. The van der Waals surface area contributed by atoms with E-state index in [-0.39, 0.29) is 16.9 Å².